The van der Waals surface area contributed by atoms with Gasteiger partial charge in [-0.05, 0) is 37.5 Å². The number of nitrogens with zero attached hydrogens (tertiary/aromatic N) is 2. The first-order valence-corrected chi connectivity index (χ1v) is 8.75. The second kappa shape index (κ2) is 8.86. The highest BCUT2D eigenvalue weighted by Crippen LogP contribution is 2.38. The van der Waals surface area contributed by atoms with Gasteiger partial charge in [-0.15, -0.1) is 0 Å². The molecule has 6 nitrogen and oxygen atoms in total. The smallest absolute Gasteiger partial charge is 0.157 e. The fraction of sp³-hybridized carbons (Fsp3) is 0.444. The van der Waals surface area contributed by atoms with E-state index < -0.39 is 0 Å². The highest BCUT2D eigenvalue weighted by Gasteiger charge is 2.17. The maximum atomic E-state index is 9.37. The molecule has 7 heteroatoms. The number of ether oxygens (including phenoxy) is 3. The summed E-state index contributed by atoms with van der Waals surface area (Å²) in [6, 6.07) is 7.29. The van der Waals surface area contributed by atoms with Crippen molar-refractivity contribution in [3.63, 3.8) is 0 Å². The summed E-state index contributed by atoms with van der Waals surface area (Å²) in [6.07, 6.45) is 5.42. The molecule has 1 aromatic heterocycles. The molecule has 1 unspecified atom stereocenters. The molecule has 3 rings (SSSR count). The van der Waals surface area contributed by atoms with Gasteiger partial charge in [0.1, 0.15) is 5.75 Å². The van der Waals surface area contributed by atoms with Crippen molar-refractivity contribution in [3.05, 3.63) is 35.0 Å². The van der Waals surface area contributed by atoms with Gasteiger partial charge >= 0.3 is 0 Å². The lowest BCUT2D eigenvalue weighted by Gasteiger charge is -2.22. The molecule has 25 heavy (non-hydrogen) atoms. The topological polar surface area (TPSA) is 80.2 Å². The van der Waals surface area contributed by atoms with Crippen molar-refractivity contribution in [3.8, 4) is 23.1 Å². The van der Waals surface area contributed by atoms with E-state index in [9.17, 15) is 5.26 Å². The van der Waals surface area contributed by atoms with Crippen LogP contribution in [0.3, 0.4) is 0 Å². The zero-order chi connectivity index (χ0) is 17.5. The Hall–Kier alpha value is -2.07. The zero-order valence-corrected chi connectivity index (χ0v) is 14.6. The predicted molar refractivity (Wildman–Crippen MR) is 93.4 cm³/mol. The van der Waals surface area contributed by atoms with E-state index in [0.29, 0.717) is 47.2 Å². The molecule has 1 atom stereocenters. The van der Waals surface area contributed by atoms with Crippen molar-refractivity contribution in [2.45, 2.75) is 32.0 Å². The summed E-state index contributed by atoms with van der Waals surface area (Å²) in [5, 5.41) is 16.6. The Kier molecular flexibility index (Phi) is 6.29. The third-order valence-corrected chi connectivity index (χ3v) is 4.27. The quantitative estimate of drug-likeness (QED) is 0.756. The van der Waals surface area contributed by atoms with E-state index in [1.54, 1.807) is 24.4 Å². The van der Waals surface area contributed by atoms with Gasteiger partial charge in [-0.3, -0.25) is 5.10 Å². The first-order valence-electron chi connectivity index (χ1n) is 8.38. The molecule has 0 saturated carbocycles. The zero-order valence-electron chi connectivity index (χ0n) is 13.8. The number of benzene rings is 1. The van der Waals surface area contributed by atoms with E-state index in [1.165, 1.54) is 0 Å². The first kappa shape index (κ1) is 17.7. The van der Waals surface area contributed by atoms with Crippen LogP contribution in [-0.4, -0.2) is 36.3 Å². The SMILES string of the molecule is N#Cc1ccc(Cl)c(OCCCOC2CCCCO2)c1-c1ccn[nH]1. The molecule has 1 N–H and O–H groups in total. The highest BCUT2D eigenvalue weighted by atomic mass is 35.5. The number of aromatic nitrogens is 2. The number of nitriles is 1. The minimum atomic E-state index is -0.0974. The van der Waals surface area contributed by atoms with E-state index in [4.69, 9.17) is 25.8 Å². The first-order chi connectivity index (χ1) is 12.3. The lowest BCUT2D eigenvalue weighted by molar-refractivity contribution is -0.163. The predicted octanol–water partition coefficient (Wildman–Crippen LogP) is 3.91. The third-order valence-electron chi connectivity index (χ3n) is 3.98. The Morgan fingerprint density at radius 3 is 2.96 bits per heavy atom. The highest BCUT2D eigenvalue weighted by molar-refractivity contribution is 6.32. The molecule has 0 amide bonds. The largest absolute Gasteiger partial charge is 0.491 e. The molecule has 1 aliphatic rings. The molecule has 0 bridgehead atoms. The van der Waals surface area contributed by atoms with Gasteiger partial charge in [-0.1, -0.05) is 11.6 Å². The van der Waals surface area contributed by atoms with E-state index >= 15 is 0 Å². The average molecular weight is 362 g/mol. The number of halogens is 1. The van der Waals surface area contributed by atoms with Gasteiger partial charge in [0.15, 0.2) is 6.29 Å². The van der Waals surface area contributed by atoms with Crippen LogP contribution in [0.1, 0.15) is 31.2 Å². The van der Waals surface area contributed by atoms with Crippen molar-refractivity contribution in [2.75, 3.05) is 19.8 Å². The molecule has 1 aliphatic heterocycles. The fourth-order valence-electron chi connectivity index (χ4n) is 2.74. The lowest BCUT2D eigenvalue weighted by Crippen LogP contribution is -2.23. The summed E-state index contributed by atoms with van der Waals surface area (Å²) in [4.78, 5) is 0. The van der Waals surface area contributed by atoms with Crippen LogP contribution in [0.5, 0.6) is 5.75 Å². The van der Waals surface area contributed by atoms with Crippen molar-refractivity contribution in [1.82, 2.24) is 10.2 Å². The second-order valence-electron chi connectivity index (χ2n) is 5.75. The van der Waals surface area contributed by atoms with Crippen LogP contribution in [0.2, 0.25) is 5.02 Å². The monoisotopic (exact) mass is 361 g/mol. The van der Waals surface area contributed by atoms with Gasteiger partial charge in [0.25, 0.3) is 0 Å². The normalized spacial score (nSPS) is 17.2. The molecule has 132 valence electrons. The maximum absolute atomic E-state index is 9.37. The van der Waals surface area contributed by atoms with Crippen LogP contribution in [0.4, 0.5) is 0 Å². The second-order valence-corrected chi connectivity index (χ2v) is 6.16. The fourth-order valence-corrected chi connectivity index (χ4v) is 2.96. The molecule has 2 heterocycles. The Morgan fingerprint density at radius 1 is 1.32 bits per heavy atom. The lowest BCUT2D eigenvalue weighted by atomic mass is 10.0. The number of nitrogens with one attached hydrogen (secondary N) is 1. The van der Waals surface area contributed by atoms with Crippen molar-refractivity contribution in [2.24, 2.45) is 0 Å². The van der Waals surface area contributed by atoms with Gasteiger partial charge < -0.3 is 14.2 Å². The van der Waals surface area contributed by atoms with Crippen LogP contribution in [0.15, 0.2) is 24.4 Å². The van der Waals surface area contributed by atoms with Gasteiger partial charge in [-0.2, -0.15) is 10.4 Å². The molecule has 1 fully saturated rings. The number of aromatic amines is 1. The summed E-state index contributed by atoms with van der Waals surface area (Å²) >= 11 is 6.29. The van der Waals surface area contributed by atoms with Crippen LogP contribution < -0.4 is 4.74 Å². The Bertz CT molecular complexity index is 722. The standard InChI is InChI=1S/C18H20ClN3O3/c19-14-6-5-13(12-20)17(15-7-8-21-22-15)18(14)25-11-3-10-24-16-4-1-2-9-23-16/h5-8,16H,1-4,9-11H2,(H,21,22). The van der Waals surface area contributed by atoms with Gasteiger partial charge in [0.05, 0.1) is 41.1 Å². The van der Waals surface area contributed by atoms with E-state index in [2.05, 4.69) is 16.3 Å². The van der Waals surface area contributed by atoms with E-state index in [0.717, 1.165) is 25.9 Å². The molecular formula is C18H20ClN3O3. The Balaban J connectivity index is 1.61. The minimum Gasteiger partial charge on any atom is -0.491 e. The Labute approximate surface area is 151 Å². The third kappa shape index (κ3) is 4.51. The Morgan fingerprint density at radius 2 is 2.24 bits per heavy atom. The van der Waals surface area contributed by atoms with Crippen LogP contribution in [0, 0.1) is 11.3 Å². The summed E-state index contributed by atoms with van der Waals surface area (Å²) in [6.45, 7) is 1.76. The molecule has 0 radical (unpaired) electrons. The molecule has 1 saturated heterocycles. The van der Waals surface area contributed by atoms with Crippen molar-refractivity contribution in [1.29, 1.82) is 5.26 Å². The van der Waals surface area contributed by atoms with Crippen LogP contribution in [-0.2, 0) is 9.47 Å². The summed E-state index contributed by atoms with van der Waals surface area (Å²) < 4.78 is 17.1. The van der Waals surface area contributed by atoms with E-state index in [1.807, 2.05) is 0 Å². The summed E-state index contributed by atoms with van der Waals surface area (Å²) in [5.74, 6) is 0.485. The average Bonchev–Trinajstić information content (AvgIpc) is 3.17. The maximum Gasteiger partial charge on any atom is 0.157 e. The molecule has 1 aromatic carbocycles. The molecule has 0 spiro atoms. The van der Waals surface area contributed by atoms with Gasteiger partial charge in [0.2, 0.25) is 0 Å². The number of hydrogen-bond donors (Lipinski definition) is 1. The summed E-state index contributed by atoms with van der Waals surface area (Å²) in [5.41, 5.74) is 1.81. The van der Waals surface area contributed by atoms with Crippen LogP contribution >= 0.6 is 11.6 Å². The molecule has 2 aromatic rings. The van der Waals surface area contributed by atoms with Crippen molar-refractivity contribution < 1.29 is 14.2 Å². The number of hydrogen-bond acceptors (Lipinski definition) is 5. The van der Waals surface area contributed by atoms with E-state index in [-0.39, 0.29) is 6.29 Å². The number of rotatable bonds is 7. The number of H-pyrrole nitrogens is 1. The minimum absolute atomic E-state index is 0.0974. The summed E-state index contributed by atoms with van der Waals surface area (Å²) in [7, 11) is 0. The van der Waals surface area contributed by atoms with Gasteiger partial charge in [0, 0.05) is 19.2 Å². The van der Waals surface area contributed by atoms with Gasteiger partial charge in [-0.25, -0.2) is 0 Å². The van der Waals surface area contributed by atoms with Crippen molar-refractivity contribution >= 4 is 11.6 Å². The molecule has 0 aliphatic carbocycles. The molecular weight excluding hydrogens is 342 g/mol. The van der Waals surface area contributed by atoms with Crippen LogP contribution in [0.25, 0.3) is 11.3 Å².